The lowest BCUT2D eigenvalue weighted by Crippen LogP contribution is -2.33. The summed E-state index contributed by atoms with van der Waals surface area (Å²) in [6.45, 7) is 1.42. The number of hydrogen-bond acceptors (Lipinski definition) is 5. The molecule has 1 amide bonds. The number of ether oxygens (including phenoxy) is 1. The Morgan fingerprint density at radius 2 is 2.19 bits per heavy atom. The third kappa shape index (κ3) is 3.22. The first-order valence-electron chi connectivity index (χ1n) is 8.43. The van der Waals surface area contributed by atoms with Crippen LogP contribution in [0.4, 0.5) is 0 Å². The molecule has 1 saturated heterocycles. The first-order chi connectivity index (χ1) is 12.7. The number of likely N-dealkylation sites (tertiary alicyclic amines) is 1. The minimum atomic E-state index is -0.111. The van der Waals surface area contributed by atoms with Gasteiger partial charge < -0.3 is 14.2 Å². The summed E-state index contributed by atoms with van der Waals surface area (Å²) in [6.07, 6.45) is 3.88. The first kappa shape index (κ1) is 16.1. The Hall–Kier alpha value is -3.40. The monoisotopic (exact) mass is 347 g/mol. The summed E-state index contributed by atoms with van der Waals surface area (Å²) in [7, 11) is 0. The molecule has 0 bridgehead atoms. The van der Waals surface area contributed by atoms with Crippen LogP contribution in [-0.2, 0) is 11.3 Å². The van der Waals surface area contributed by atoms with Crippen molar-refractivity contribution in [2.45, 2.75) is 19.1 Å². The van der Waals surface area contributed by atoms with Crippen LogP contribution < -0.4 is 4.74 Å². The van der Waals surface area contributed by atoms with Crippen LogP contribution in [0.15, 0.2) is 48.9 Å². The average Bonchev–Trinajstić information content (AvgIpc) is 3.29. The summed E-state index contributed by atoms with van der Waals surface area (Å²) >= 11 is 0. The van der Waals surface area contributed by atoms with E-state index in [1.807, 2.05) is 28.8 Å². The van der Waals surface area contributed by atoms with Gasteiger partial charge in [-0.2, -0.15) is 5.26 Å². The molecule has 3 aromatic rings. The van der Waals surface area contributed by atoms with Crippen LogP contribution in [0.25, 0.3) is 11.0 Å². The summed E-state index contributed by atoms with van der Waals surface area (Å²) in [4.78, 5) is 22.9. The van der Waals surface area contributed by atoms with Gasteiger partial charge in [-0.05, 0) is 18.2 Å². The normalized spacial score (nSPS) is 16.6. The topological polar surface area (TPSA) is 84.0 Å². The quantitative estimate of drug-likeness (QED) is 0.720. The van der Waals surface area contributed by atoms with Gasteiger partial charge in [-0.25, -0.2) is 9.97 Å². The Morgan fingerprint density at radius 3 is 3.08 bits per heavy atom. The molecule has 130 valence electrons. The molecule has 0 spiro atoms. The number of benzene rings is 1. The van der Waals surface area contributed by atoms with Gasteiger partial charge in [0.2, 0.25) is 11.8 Å². The van der Waals surface area contributed by atoms with Crippen molar-refractivity contribution >= 4 is 16.9 Å². The molecule has 7 nitrogen and oxygen atoms in total. The van der Waals surface area contributed by atoms with E-state index in [1.165, 1.54) is 0 Å². The van der Waals surface area contributed by atoms with E-state index in [0.717, 1.165) is 17.5 Å². The number of para-hydroxylation sites is 2. The van der Waals surface area contributed by atoms with Crippen molar-refractivity contribution in [2.24, 2.45) is 0 Å². The van der Waals surface area contributed by atoms with E-state index in [4.69, 9.17) is 10.00 Å². The molecule has 1 unspecified atom stereocenters. The van der Waals surface area contributed by atoms with Gasteiger partial charge in [-0.15, -0.1) is 0 Å². The summed E-state index contributed by atoms with van der Waals surface area (Å²) in [5, 5.41) is 8.94. The zero-order valence-corrected chi connectivity index (χ0v) is 14.1. The van der Waals surface area contributed by atoms with E-state index in [9.17, 15) is 4.79 Å². The van der Waals surface area contributed by atoms with Gasteiger partial charge in [0, 0.05) is 25.2 Å². The highest BCUT2D eigenvalue weighted by molar-refractivity contribution is 5.80. The molecule has 26 heavy (non-hydrogen) atoms. The molecule has 7 heteroatoms. The number of carbonyl (C=O) groups is 1. The summed E-state index contributed by atoms with van der Waals surface area (Å²) in [6, 6.07) is 13.1. The smallest absolute Gasteiger partial charge is 0.242 e. The summed E-state index contributed by atoms with van der Waals surface area (Å²) in [5.74, 6) is 0.460. The van der Waals surface area contributed by atoms with Crippen LogP contribution in [0.1, 0.15) is 12.0 Å². The van der Waals surface area contributed by atoms with Crippen LogP contribution in [0.3, 0.4) is 0 Å². The number of fused-ring (bicyclic) bond motifs is 1. The predicted molar refractivity (Wildman–Crippen MR) is 94.3 cm³/mol. The molecule has 3 heterocycles. The Bertz CT molecular complexity index is 991. The van der Waals surface area contributed by atoms with Gasteiger partial charge in [0.05, 0.1) is 35.5 Å². The van der Waals surface area contributed by atoms with Gasteiger partial charge in [-0.3, -0.25) is 4.79 Å². The fraction of sp³-hybridized carbons (Fsp3) is 0.263. The molecule has 0 saturated carbocycles. The number of nitrogens with zero attached hydrogens (tertiary/aromatic N) is 5. The van der Waals surface area contributed by atoms with E-state index in [2.05, 4.69) is 16.0 Å². The van der Waals surface area contributed by atoms with Crippen molar-refractivity contribution in [2.75, 3.05) is 13.1 Å². The van der Waals surface area contributed by atoms with Gasteiger partial charge in [-0.1, -0.05) is 12.1 Å². The number of pyridine rings is 1. The molecule has 1 aromatic carbocycles. The van der Waals surface area contributed by atoms with Gasteiger partial charge in [0.1, 0.15) is 12.6 Å². The second kappa shape index (κ2) is 6.84. The van der Waals surface area contributed by atoms with Crippen LogP contribution >= 0.6 is 0 Å². The molecule has 1 fully saturated rings. The number of rotatable bonds is 4. The van der Waals surface area contributed by atoms with Crippen molar-refractivity contribution < 1.29 is 9.53 Å². The van der Waals surface area contributed by atoms with Gasteiger partial charge >= 0.3 is 0 Å². The second-order valence-corrected chi connectivity index (χ2v) is 6.22. The molecular weight excluding hydrogens is 330 g/mol. The zero-order chi connectivity index (χ0) is 17.9. The Morgan fingerprint density at radius 1 is 1.31 bits per heavy atom. The van der Waals surface area contributed by atoms with E-state index >= 15 is 0 Å². The highest BCUT2D eigenvalue weighted by Crippen LogP contribution is 2.18. The molecule has 2 aromatic heterocycles. The van der Waals surface area contributed by atoms with Crippen LogP contribution in [0, 0.1) is 11.3 Å². The lowest BCUT2D eigenvalue weighted by atomic mass is 10.3. The largest absolute Gasteiger partial charge is 0.472 e. The fourth-order valence-electron chi connectivity index (χ4n) is 3.15. The van der Waals surface area contributed by atoms with Gasteiger partial charge in [0.25, 0.3) is 0 Å². The molecule has 1 aliphatic heterocycles. The molecular formula is C19H17N5O2. The number of imidazole rings is 1. The molecule has 1 atom stereocenters. The molecule has 1 aliphatic rings. The minimum Gasteiger partial charge on any atom is -0.472 e. The molecule has 0 radical (unpaired) electrons. The SMILES string of the molecule is N#Cc1ccnc(OC2CCN(C(=O)Cn3cnc4ccccc43)C2)c1. The second-order valence-electron chi connectivity index (χ2n) is 6.22. The lowest BCUT2D eigenvalue weighted by Gasteiger charge is -2.17. The van der Waals surface area contributed by atoms with Crippen molar-refractivity contribution in [1.82, 2.24) is 19.4 Å². The van der Waals surface area contributed by atoms with Crippen LogP contribution in [0.5, 0.6) is 5.88 Å². The third-order valence-electron chi connectivity index (χ3n) is 4.48. The predicted octanol–water partition coefficient (Wildman–Crippen LogP) is 1.98. The maximum Gasteiger partial charge on any atom is 0.242 e. The first-order valence-corrected chi connectivity index (χ1v) is 8.43. The maximum atomic E-state index is 12.6. The highest BCUT2D eigenvalue weighted by Gasteiger charge is 2.28. The summed E-state index contributed by atoms with van der Waals surface area (Å²) in [5.41, 5.74) is 2.34. The lowest BCUT2D eigenvalue weighted by molar-refractivity contribution is -0.131. The van der Waals surface area contributed by atoms with Crippen molar-refractivity contribution in [3.05, 3.63) is 54.5 Å². The van der Waals surface area contributed by atoms with Crippen molar-refractivity contribution in [3.8, 4) is 11.9 Å². The number of aromatic nitrogens is 3. The number of amides is 1. The number of carbonyl (C=O) groups excluding carboxylic acids is 1. The minimum absolute atomic E-state index is 0.0398. The Balaban J connectivity index is 1.39. The van der Waals surface area contributed by atoms with E-state index < -0.39 is 0 Å². The van der Waals surface area contributed by atoms with E-state index in [0.29, 0.717) is 24.5 Å². The molecule has 0 N–H and O–H groups in total. The van der Waals surface area contributed by atoms with Crippen LogP contribution in [0.2, 0.25) is 0 Å². The van der Waals surface area contributed by atoms with Crippen molar-refractivity contribution in [3.63, 3.8) is 0 Å². The molecule has 4 rings (SSSR count). The Kier molecular flexibility index (Phi) is 4.23. The van der Waals surface area contributed by atoms with Crippen LogP contribution in [-0.4, -0.2) is 44.5 Å². The fourth-order valence-corrected chi connectivity index (χ4v) is 3.15. The summed E-state index contributed by atoms with van der Waals surface area (Å²) < 4.78 is 7.69. The zero-order valence-electron chi connectivity index (χ0n) is 14.1. The van der Waals surface area contributed by atoms with Gasteiger partial charge in [0.15, 0.2) is 0 Å². The Labute approximate surface area is 150 Å². The van der Waals surface area contributed by atoms with E-state index in [1.54, 1.807) is 29.6 Å². The third-order valence-corrected chi connectivity index (χ3v) is 4.48. The number of nitriles is 1. The van der Waals surface area contributed by atoms with E-state index in [-0.39, 0.29) is 18.6 Å². The van der Waals surface area contributed by atoms with Crippen molar-refractivity contribution in [1.29, 1.82) is 5.26 Å². The maximum absolute atomic E-state index is 12.6. The average molecular weight is 347 g/mol. The highest BCUT2D eigenvalue weighted by atomic mass is 16.5. The standard InChI is InChI=1S/C19H17N5O2/c20-10-14-5-7-21-18(9-14)26-15-6-8-23(11-15)19(25)12-24-13-22-16-3-1-2-4-17(16)24/h1-5,7,9,13,15H,6,8,11-12H2. The molecule has 0 aliphatic carbocycles. The number of hydrogen-bond donors (Lipinski definition) is 0.